The molecule has 1 heterocycles. The molecule has 1 aromatic rings. The molecule has 1 aromatic carbocycles. The van der Waals surface area contributed by atoms with Gasteiger partial charge >= 0.3 is 0 Å². The van der Waals surface area contributed by atoms with Gasteiger partial charge in [0.1, 0.15) is 11.8 Å². The molecule has 1 saturated heterocycles. The molecule has 21 heavy (non-hydrogen) atoms. The Morgan fingerprint density at radius 2 is 2.24 bits per heavy atom. The Morgan fingerprint density at radius 1 is 1.48 bits per heavy atom. The van der Waals surface area contributed by atoms with Crippen LogP contribution in [0.3, 0.4) is 0 Å². The van der Waals surface area contributed by atoms with Crippen LogP contribution in [-0.4, -0.2) is 62.6 Å². The van der Waals surface area contributed by atoms with Crippen LogP contribution in [0.2, 0.25) is 0 Å². The van der Waals surface area contributed by atoms with Gasteiger partial charge in [0.2, 0.25) is 5.91 Å². The summed E-state index contributed by atoms with van der Waals surface area (Å²) in [5, 5.41) is 3.32. The second-order valence-electron chi connectivity index (χ2n) is 5.64. The third-order valence-electron chi connectivity index (χ3n) is 4.08. The van der Waals surface area contributed by atoms with Crippen molar-refractivity contribution >= 4 is 5.91 Å². The monoisotopic (exact) mass is 291 g/mol. The summed E-state index contributed by atoms with van der Waals surface area (Å²) in [7, 11) is 5.30. The van der Waals surface area contributed by atoms with E-state index in [0.29, 0.717) is 6.54 Å². The Balaban J connectivity index is 2.21. The Hall–Kier alpha value is -1.59. The van der Waals surface area contributed by atoms with Crippen LogP contribution in [0.1, 0.15) is 18.5 Å². The molecule has 5 nitrogen and oxygen atoms in total. The van der Waals surface area contributed by atoms with Crippen LogP contribution >= 0.6 is 0 Å². The summed E-state index contributed by atoms with van der Waals surface area (Å²) in [5.41, 5.74) is 1.17. The van der Waals surface area contributed by atoms with Crippen LogP contribution in [-0.2, 0) is 4.79 Å². The average Bonchev–Trinajstić information content (AvgIpc) is 2.53. The largest absolute Gasteiger partial charge is 0.497 e. The Bertz CT molecular complexity index is 490. The highest BCUT2D eigenvalue weighted by Gasteiger charge is 2.33. The zero-order valence-electron chi connectivity index (χ0n) is 13.3. The van der Waals surface area contributed by atoms with E-state index in [2.05, 4.69) is 23.2 Å². The molecule has 0 bridgehead atoms. The van der Waals surface area contributed by atoms with Crippen molar-refractivity contribution in [3.8, 4) is 5.75 Å². The molecular weight excluding hydrogens is 266 g/mol. The maximum atomic E-state index is 12.4. The quantitative estimate of drug-likeness (QED) is 0.903. The third kappa shape index (κ3) is 3.54. The van der Waals surface area contributed by atoms with Crippen LogP contribution in [0.15, 0.2) is 24.3 Å². The fourth-order valence-electron chi connectivity index (χ4n) is 2.80. The number of rotatable bonds is 4. The van der Waals surface area contributed by atoms with E-state index >= 15 is 0 Å². The van der Waals surface area contributed by atoms with Gasteiger partial charge in [0, 0.05) is 39.8 Å². The van der Waals surface area contributed by atoms with Crippen molar-refractivity contribution < 1.29 is 9.53 Å². The van der Waals surface area contributed by atoms with Gasteiger partial charge in [0.05, 0.1) is 7.11 Å². The van der Waals surface area contributed by atoms with Gasteiger partial charge < -0.3 is 15.0 Å². The lowest BCUT2D eigenvalue weighted by atomic mass is 10.0. The van der Waals surface area contributed by atoms with Crippen molar-refractivity contribution in [1.82, 2.24) is 15.1 Å². The van der Waals surface area contributed by atoms with Gasteiger partial charge in [-0.15, -0.1) is 0 Å². The molecule has 2 rings (SSSR count). The van der Waals surface area contributed by atoms with Crippen LogP contribution in [0.4, 0.5) is 0 Å². The number of hydrogen-bond acceptors (Lipinski definition) is 4. The molecule has 5 heteroatoms. The van der Waals surface area contributed by atoms with Crippen molar-refractivity contribution in [2.75, 3.05) is 40.8 Å². The predicted molar refractivity (Wildman–Crippen MR) is 83.5 cm³/mol. The number of ether oxygens (including phenoxy) is 1. The second kappa shape index (κ2) is 6.91. The molecular formula is C16H25N3O2. The molecule has 0 aliphatic carbocycles. The zero-order valence-corrected chi connectivity index (χ0v) is 13.3. The van der Waals surface area contributed by atoms with Gasteiger partial charge in [-0.3, -0.25) is 9.69 Å². The SMILES string of the molecule is COc1cccc(C(C)N2CCNCC2C(=O)N(C)C)c1. The summed E-state index contributed by atoms with van der Waals surface area (Å²) in [6.45, 7) is 4.62. The van der Waals surface area contributed by atoms with Gasteiger partial charge in [0.25, 0.3) is 0 Å². The van der Waals surface area contributed by atoms with Crippen molar-refractivity contribution in [3.63, 3.8) is 0 Å². The van der Waals surface area contributed by atoms with Crippen molar-refractivity contribution in [1.29, 1.82) is 0 Å². The molecule has 0 aromatic heterocycles. The average molecular weight is 291 g/mol. The lowest BCUT2D eigenvalue weighted by Gasteiger charge is -2.40. The minimum atomic E-state index is -0.116. The normalized spacial score (nSPS) is 20.9. The molecule has 2 atom stereocenters. The van der Waals surface area contributed by atoms with E-state index in [4.69, 9.17) is 4.74 Å². The lowest BCUT2D eigenvalue weighted by Crippen LogP contribution is -2.58. The van der Waals surface area contributed by atoms with E-state index in [0.717, 1.165) is 18.8 Å². The molecule has 1 aliphatic rings. The summed E-state index contributed by atoms with van der Waals surface area (Å²) in [4.78, 5) is 16.3. The summed E-state index contributed by atoms with van der Waals surface area (Å²) in [6.07, 6.45) is 0. The number of methoxy groups -OCH3 is 1. The summed E-state index contributed by atoms with van der Waals surface area (Å²) < 4.78 is 5.30. The Morgan fingerprint density at radius 3 is 2.90 bits per heavy atom. The second-order valence-corrected chi connectivity index (χ2v) is 5.64. The minimum absolute atomic E-state index is 0.116. The maximum Gasteiger partial charge on any atom is 0.240 e. The van der Waals surface area contributed by atoms with Crippen LogP contribution in [0, 0.1) is 0 Å². The van der Waals surface area contributed by atoms with E-state index in [-0.39, 0.29) is 18.0 Å². The van der Waals surface area contributed by atoms with Gasteiger partial charge in [-0.2, -0.15) is 0 Å². The molecule has 0 radical (unpaired) electrons. The molecule has 1 aliphatic heterocycles. The number of amides is 1. The first-order chi connectivity index (χ1) is 10.0. The summed E-state index contributed by atoms with van der Waals surface area (Å²) in [6, 6.07) is 8.13. The smallest absolute Gasteiger partial charge is 0.240 e. The van der Waals surface area contributed by atoms with E-state index in [9.17, 15) is 4.79 Å². The van der Waals surface area contributed by atoms with Crippen LogP contribution in [0.5, 0.6) is 5.75 Å². The molecule has 0 saturated carbocycles. The third-order valence-corrected chi connectivity index (χ3v) is 4.08. The fraction of sp³-hybridized carbons (Fsp3) is 0.562. The van der Waals surface area contributed by atoms with E-state index in [1.807, 2.05) is 32.3 Å². The first-order valence-corrected chi connectivity index (χ1v) is 7.36. The van der Waals surface area contributed by atoms with Crippen LogP contribution < -0.4 is 10.1 Å². The number of hydrogen-bond donors (Lipinski definition) is 1. The zero-order chi connectivity index (χ0) is 15.4. The molecule has 0 spiro atoms. The molecule has 2 unspecified atom stereocenters. The first kappa shape index (κ1) is 15.8. The Kier molecular flexibility index (Phi) is 5.20. The highest BCUT2D eigenvalue weighted by molar-refractivity contribution is 5.81. The van der Waals surface area contributed by atoms with Crippen LogP contribution in [0.25, 0.3) is 0 Å². The number of nitrogens with zero attached hydrogens (tertiary/aromatic N) is 2. The molecule has 1 fully saturated rings. The van der Waals surface area contributed by atoms with E-state index < -0.39 is 0 Å². The molecule has 1 N–H and O–H groups in total. The molecule has 116 valence electrons. The maximum absolute atomic E-state index is 12.4. The predicted octanol–water partition coefficient (Wildman–Crippen LogP) is 1.12. The number of likely N-dealkylation sites (N-methyl/N-ethyl adjacent to an activating group) is 1. The highest BCUT2D eigenvalue weighted by atomic mass is 16.5. The number of piperazine rings is 1. The lowest BCUT2D eigenvalue weighted by molar-refractivity contribution is -0.136. The summed E-state index contributed by atoms with van der Waals surface area (Å²) >= 11 is 0. The number of carbonyl (C=O) groups is 1. The molecule has 1 amide bonds. The standard InChI is InChI=1S/C16H25N3O2/c1-12(13-6-5-7-14(10-13)21-4)19-9-8-17-11-15(19)16(20)18(2)3/h5-7,10,12,15,17H,8-9,11H2,1-4H3. The number of benzene rings is 1. The topological polar surface area (TPSA) is 44.8 Å². The van der Waals surface area contributed by atoms with Gasteiger partial charge in [0.15, 0.2) is 0 Å². The fourth-order valence-corrected chi connectivity index (χ4v) is 2.80. The van der Waals surface area contributed by atoms with E-state index in [1.165, 1.54) is 5.56 Å². The van der Waals surface area contributed by atoms with Gasteiger partial charge in [-0.05, 0) is 24.6 Å². The number of carbonyl (C=O) groups excluding carboxylic acids is 1. The van der Waals surface area contributed by atoms with Gasteiger partial charge in [-0.25, -0.2) is 0 Å². The van der Waals surface area contributed by atoms with Crippen molar-refractivity contribution in [2.24, 2.45) is 0 Å². The van der Waals surface area contributed by atoms with E-state index in [1.54, 1.807) is 12.0 Å². The number of nitrogens with one attached hydrogen (secondary N) is 1. The van der Waals surface area contributed by atoms with Crippen molar-refractivity contribution in [3.05, 3.63) is 29.8 Å². The highest BCUT2D eigenvalue weighted by Crippen LogP contribution is 2.26. The van der Waals surface area contributed by atoms with Crippen molar-refractivity contribution in [2.45, 2.75) is 19.0 Å². The minimum Gasteiger partial charge on any atom is -0.497 e. The first-order valence-electron chi connectivity index (χ1n) is 7.36. The summed E-state index contributed by atoms with van der Waals surface area (Å²) in [5.74, 6) is 1.00. The Labute approximate surface area is 126 Å². The van der Waals surface area contributed by atoms with Gasteiger partial charge in [-0.1, -0.05) is 12.1 Å².